The van der Waals surface area contributed by atoms with Crippen LogP contribution in [0.4, 0.5) is 0 Å². The van der Waals surface area contributed by atoms with E-state index >= 15 is 0 Å². The molecule has 2 N–H and O–H groups in total. The van der Waals surface area contributed by atoms with E-state index < -0.39 is 11.8 Å². The minimum Gasteiger partial charge on any atom is -0.484 e. The van der Waals surface area contributed by atoms with Crippen molar-refractivity contribution in [3.63, 3.8) is 0 Å². The lowest BCUT2D eigenvalue weighted by molar-refractivity contribution is -0.131. The molecule has 0 aliphatic rings. The maximum atomic E-state index is 11.8. The summed E-state index contributed by atoms with van der Waals surface area (Å²) in [6, 6.07) is 10.8. The Kier molecular flexibility index (Phi) is 6.86. The van der Waals surface area contributed by atoms with Crippen molar-refractivity contribution in [1.82, 2.24) is 10.9 Å². The molecule has 0 spiro atoms. The normalized spacial score (nSPS) is 10.2. The monoisotopic (exact) mass is 376 g/mol. The van der Waals surface area contributed by atoms with Gasteiger partial charge in [0.25, 0.3) is 11.8 Å². The van der Waals surface area contributed by atoms with Crippen molar-refractivity contribution in [2.45, 2.75) is 20.8 Å². The average Bonchev–Trinajstić information content (AvgIpc) is 2.56. The summed E-state index contributed by atoms with van der Waals surface area (Å²) in [7, 11) is 0. The number of amides is 2. The van der Waals surface area contributed by atoms with E-state index in [4.69, 9.17) is 21.1 Å². The molecule has 2 aromatic rings. The Bertz CT molecular complexity index is 788. The SMILES string of the molecule is Cc1cc(C)cc(OCC(=O)NNC(=O)COc2ccc(Cl)cc2C)c1. The van der Waals surface area contributed by atoms with Crippen molar-refractivity contribution in [2.24, 2.45) is 0 Å². The van der Waals surface area contributed by atoms with Gasteiger partial charge in [-0.05, 0) is 67.8 Å². The number of halogens is 1. The number of aryl methyl sites for hydroxylation is 3. The maximum Gasteiger partial charge on any atom is 0.276 e. The lowest BCUT2D eigenvalue weighted by Crippen LogP contribution is -2.45. The van der Waals surface area contributed by atoms with Crippen LogP contribution in [0, 0.1) is 20.8 Å². The van der Waals surface area contributed by atoms with E-state index in [0.29, 0.717) is 16.5 Å². The second kappa shape index (κ2) is 9.10. The highest BCUT2D eigenvalue weighted by Gasteiger charge is 2.08. The van der Waals surface area contributed by atoms with E-state index in [2.05, 4.69) is 10.9 Å². The minimum absolute atomic E-state index is 0.208. The number of ether oxygens (including phenoxy) is 2. The summed E-state index contributed by atoms with van der Waals surface area (Å²) >= 11 is 5.86. The van der Waals surface area contributed by atoms with Gasteiger partial charge in [-0.1, -0.05) is 17.7 Å². The number of hydrogen-bond donors (Lipinski definition) is 2. The van der Waals surface area contributed by atoms with Gasteiger partial charge in [0, 0.05) is 5.02 Å². The van der Waals surface area contributed by atoms with Crippen LogP contribution in [0.3, 0.4) is 0 Å². The fourth-order valence-electron chi connectivity index (χ4n) is 2.29. The van der Waals surface area contributed by atoms with Crippen molar-refractivity contribution < 1.29 is 19.1 Å². The lowest BCUT2D eigenvalue weighted by atomic mass is 10.1. The van der Waals surface area contributed by atoms with Gasteiger partial charge >= 0.3 is 0 Å². The second-order valence-corrected chi connectivity index (χ2v) is 6.34. The van der Waals surface area contributed by atoms with Crippen molar-refractivity contribution in [1.29, 1.82) is 0 Å². The van der Waals surface area contributed by atoms with Crippen LogP contribution in [-0.2, 0) is 9.59 Å². The van der Waals surface area contributed by atoms with Crippen molar-refractivity contribution in [2.75, 3.05) is 13.2 Å². The van der Waals surface area contributed by atoms with Crippen molar-refractivity contribution in [3.05, 3.63) is 58.1 Å². The second-order valence-electron chi connectivity index (χ2n) is 5.91. The molecular weight excluding hydrogens is 356 g/mol. The Labute approximate surface area is 157 Å². The van der Waals surface area contributed by atoms with Gasteiger partial charge in [0.15, 0.2) is 13.2 Å². The van der Waals surface area contributed by atoms with Crippen molar-refractivity contribution >= 4 is 23.4 Å². The molecule has 0 saturated carbocycles. The van der Waals surface area contributed by atoms with Crippen LogP contribution in [0.25, 0.3) is 0 Å². The fraction of sp³-hybridized carbons (Fsp3) is 0.263. The van der Waals surface area contributed by atoms with Crippen LogP contribution >= 0.6 is 11.6 Å². The molecule has 0 fully saturated rings. The number of benzene rings is 2. The van der Waals surface area contributed by atoms with Gasteiger partial charge in [-0.3, -0.25) is 20.4 Å². The summed E-state index contributed by atoms with van der Waals surface area (Å²) in [5.74, 6) is 0.193. The molecule has 0 aliphatic carbocycles. The van der Waals surface area contributed by atoms with Gasteiger partial charge in [-0.2, -0.15) is 0 Å². The molecule has 0 unspecified atom stereocenters. The molecule has 7 heteroatoms. The van der Waals surface area contributed by atoms with Gasteiger partial charge in [-0.15, -0.1) is 0 Å². The zero-order valence-corrected chi connectivity index (χ0v) is 15.6. The molecule has 0 atom stereocenters. The standard InChI is InChI=1S/C19H21ClN2O4/c1-12-6-13(2)8-16(7-12)25-10-18(23)21-22-19(24)11-26-17-5-4-15(20)9-14(17)3/h4-9H,10-11H2,1-3H3,(H,21,23)(H,22,24). The van der Waals surface area contributed by atoms with E-state index in [1.807, 2.05) is 39.0 Å². The highest BCUT2D eigenvalue weighted by Crippen LogP contribution is 2.21. The third kappa shape index (κ3) is 6.29. The number of carbonyl (C=O) groups is 2. The van der Waals surface area contributed by atoms with Gasteiger partial charge in [-0.25, -0.2) is 0 Å². The average molecular weight is 377 g/mol. The number of hydrazine groups is 1. The third-order valence-corrected chi connectivity index (χ3v) is 3.64. The predicted molar refractivity (Wildman–Crippen MR) is 99.4 cm³/mol. The topological polar surface area (TPSA) is 76.7 Å². The highest BCUT2D eigenvalue weighted by molar-refractivity contribution is 6.30. The van der Waals surface area contributed by atoms with E-state index in [0.717, 1.165) is 16.7 Å². The Morgan fingerprint density at radius 2 is 1.46 bits per heavy atom. The highest BCUT2D eigenvalue weighted by atomic mass is 35.5. The molecule has 0 aliphatic heterocycles. The molecule has 2 amide bonds. The summed E-state index contributed by atoms with van der Waals surface area (Å²) in [5.41, 5.74) is 7.46. The van der Waals surface area contributed by atoms with E-state index in [1.165, 1.54) is 0 Å². The molecule has 2 aromatic carbocycles. The van der Waals surface area contributed by atoms with Crippen molar-refractivity contribution in [3.8, 4) is 11.5 Å². The zero-order valence-electron chi connectivity index (χ0n) is 14.9. The first-order valence-corrected chi connectivity index (χ1v) is 8.39. The molecule has 26 heavy (non-hydrogen) atoms. The maximum absolute atomic E-state index is 11.8. The first-order valence-electron chi connectivity index (χ1n) is 8.01. The molecule has 138 valence electrons. The molecular formula is C19H21ClN2O4. The van der Waals surface area contributed by atoms with Crippen LogP contribution in [0.15, 0.2) is 36.4 Å². The molecule has 0 saturated heterocycles. The summed E-state index contributed by atoms with van der Waals surface area (Å²) < 4.78 is 10.8. The molecule has 0 bridgehead atoms. The summed E-state index contributed by atoms with van der Waals surface area (Å²) in [4.78, 5) is 23.5. The molecule has 2 rings (SSSR count). The molecule has 0 radical (unpaired) electrons. The summed E-state index contributed by atoms with van der Waals surface area (Å²) in [5, 5.41) is 0.593. The number of nitrogens with one attached hydrogen (secondary N) is 2. The summed E-state index contributed by atoms with van der Waals surface area (Å²) in [6.45, 7) is 5.28. The fourth-order valence-corrected chi connectivity index (χ4v) is 2.52. The van der Waals surface area contributed by atoms with Gasteiger partial charge in [0.1, 0.15) is 11.5 Å². The van der Waals surface area contributed by atoms with Gasteiger partial charge in [0.05, 0.1) is 0 Å². The third-order valence-electron chi connectivity index (χ3n) is 3.40. The van der Waals surface area contributed by atoms with E-state index in [-0.39, 0.29) is 13.2 Å². The smallest absolute Gasteiger partial charge is 0.276 e. The van der Waals surface area contributed by atoms with Crippen LogP contribution in [0.1, 0.15) is 16.7 Å². The molecule has 0 heterocycles. The Morgan fingerprint density at radius 1 is 0.885 bits per heavy atom. The van der Waals surface area contributed by atoms with Crippen LogP contribution in [-0.4, -0.2) is 25.0 Å². The zero-order chi connectivity index (χ0) is 19.1. The van der Waals surface area contributed by atoms with Gasteiger partial charge in [0.2, 0.25) is 0 Å². The minimum atomic E-state index is -0.487. The Balaban J connectivity index is 1.72. The first-order chi connectivity index (χ1) is 12.3. The largest absolute Gasteiger partial charge is 0.484 e. The quantitative estimate of drug-likeness (QED) is 0.760. The van der Waals surface area contributed by atoms with Gasteiger partial charge < -0.3 is 9.47 Å². The van der Waals surface area contributed by atoms with E-state index in [9.17, 15) is 9.59 Å². The Hall–Kier alpha value is -2.73. The molecule has 0 aromatic heterocycles. The van der Waals surface area contributed by atoms with E-state index in [1.54, 1.807) is 18.2 Å². The number of carbonyl (C=O) groups excluding carboxylic acids is 2. The van der Waals surface area contributed by atoms with Crippen LogP contribution in [0.2, 0.25) is 5.02 Å². The number of rotatable bonds is 6. The lowest BCUT2D eigenvalue weighted by Gasteiger charge is -2.11. The predicted octanol–water partition coefficient (Wildman–Crippen LogP) is 2.87. The Morgan fingerprint density at radius 3 is 2.04 bits per heavy atom. The first kappa shape index (κ1) is 19.6. The van der Waals surface area contributed by atoms with Crippen LogP contribution < -0.4 is 20.3 Å². The van der Waals surface area contributed by atoms with Crippen LogP contribution in [0.5, 0.6) is 11.5 Å². The molecule has 6 nitrogen and oxygen atoms in total. The summed E-state index contributed by atoms with van der Waals surface area (Å²) in [6.07, 6.45) is 0. The number of hydrogen-bond acceptors (Lipinski definition) is 4.